The molecule has 1 rings (SSSR count). The Bertz CT molecular complexity index is 311. The summed E-state index contributed by atoms with van der Waals surface area (Å²) in [7, 11) is 0. The Hall–Kier alpha value is -1.10. The predicted octanol–water partition coefficient (Wildman–Crippen LogP) is 3.91. The maximum absolute atomic E-state index is 11.6. The van der Waals surface area contributed by atoms with Crippen LogP contribution >= 0.6 is 0 Å². The van der Waals surface area contributed by atoms with Crippen molar-refractivity contribution >= 4 is 11.9 Å². The second-order valence-corrected chi connectivity index (χ2v) is 6.76. The van der Waals surface area contributed by atoms with Crippen LogP contribution in [-0.4, -0.2) is 36.4 Å². The molecule has 0 aromatic heterocycles. The molecule has 0 saturated carbocycles. The lowest BCUT2D eigenvalue weighted by molar-refractivity contribution is -0.152. The average molecular weight is 342 g/mol. The van der Waals surface area contributed by atoms with E-state index in [9.17, 15) is 14.7 Å². The van der Waals surface area contributed by atoms with Gasteiger partial charge < -0.3 is 14.6 Å². The van der Waals surface area contributed by atoms with Crippen LogP contribution in [0.3, 0.4) is 0 Å². The minimum Gasteiger partial charge on any atom is -0.463 e. The number of esters is 2. The second kappa shape index (κ2) is 14.3. The van der Waals surface area contributed by atoms with Crippen LogP contribution in [-0.2, 0) is 19.1 Å². The Morgan fingerprint density at radius 3 is 1.21 bits per heavy atom. The van der Waals surface area contributed by atoms with Gasteiger partial charge in [0.25, 0.3) is 0 Å². The molecule has 1 fully saturated rings. The number of rotatable bonds is 0. The van der Waals surface area contributed by atoms with Crippen LogP contribution in [0.25, 0.3) is 0 Å². The third-order valence-corrected chi connectivity index (χ3v) is 4.39. The van der Waals surface area contributed by atoms with E-state index in [-0.39, 0.29) is 25.2 Å². The minimum absolute atomic E-state index is 0.105. The zero-order valence-electron chi connectivity index (χ0n) is 15.0. The molecule has 0 radical (unpaired) electrons. The first-order valence-electron chi connectivity index (χ1n) is 9.68. The van der Waals surface area contributed by atoms with E-state index < -0.39 is 6.10 Å². The molecule has 1 aliphatic heterocycles. The summed E-state index contributed by atoms with van der Waals surface area (Å²) in [6, 6.07) is 0. The summed E-state index contributed by atoms with van der Waals surface area (Å²) in [5, 5.41) is 9.68. The minimum atomic E-state index is -0.938. The van der Waals surface area contributed by atoms with Crippen LogP contribution in [0.1, 0.15) is 89.9 Å². The smallest absolute Gasteiger partial charge is 0.305 e. The van der Waals surface area contributed by atoms with Gasteiger partial charge in [-0.05, 0) is 12.8 Å². The van der Waals surface area contributed by atoms with Gasteiger partial charge in [0, 0.05) is 12.8 Å². The third kappa shape index (κ3) is 12.3. The molecule has 1 heterocycles. The van der Waals surface area contributed by atoms with Crippen molar-refractivity contribution in [3.63, 3.8) is 0 Å². The van der Waals surface area contributed by atoms with Crippen molar-refractivity contribution in [3.05, 3.63) is 0 Å². The highest BCUT2D eigenvalue weighted by Gasteiger charge is 2.12. The Balaban J connectivity index is 2.26. The van der Waals surface area contributed by atoms with Crippen molar-refractivity contribution in [1.82, 2.24) is 0 Å². The first-order valence-corrected chi connectivity index (χ1v) is 9.68. The molecule has 0 bridgehead atoms. The highest BCUT2D eigenvalue weighted by Crippen LogP contribution is 2.13. The molecule has 140 valence electrons. The Morgan fingerprint density at radius 2 is 0.875 bits per heavy atom. The molecule has 0 amide bonds. The Kier molecular flexibility index (Phi) is 12.4. The third-order valence-electron chi connectivity index (χ3n) is 4.39. The lowest BCUT2D eigenvalue weighted by atomic mass is 10.0. The quantitative estimate of drug-likeness (QED) is 0.676. The van der Waals surface area contributed by atoms with E-state index in [4.69, 9.17) is 9.47 Å². The monoisotopic (exact) mass is 342 g/mol. The molecular formula is C19H34O5. The van der Waals surface area contributed by atoms with Gasteiger partial charge in [0.05, 0.1) is 0 Å². The highest BCUT2D eigenvalue weighted by atomic mass is 16.6. The fourth-order valence-electron chi connectivity index (χ4n) is 2.88. The predicted molar refractivity (Wildman–Crippen MR) is 92.6 cm³/mol. The Labute approximate surface area is 146 Å². The average Bonchev–Trinajstić information content (AvgIpc) is 2.57. The molecule has 0 aromatic rings. The Morgan fingerprint density at radius 1 is 0.583 bits per heavy atom. The summed E-state index contributed by atoms with van der Waals surface area (Å²) in [5.41, 5.74) is 0. The van der Waals surface area contributed by atoms with Crippen LogP contribution < -0.4 is 0 Å². The van der Waals surface area contributed by atoms with Crippen molar-refractivity contribution in [1.29, 1.82) is 0 Å². The lowest BCUT2D eigenvalue weighted by Crippen LogP contribution is -2.25. The topological polar surface area (TPSA) is 72.8 Å². The van der Waals surface area contributed by atoms with Crippen molar-refractivity contribution in [2.75, 3.05) is 13.2 Å². The molecule has 24 heavy (non-hydrogen) atoms. The van der Waals surface area contributed by atoms with Crippen molar-refractivity contribution in [3.8, 4) is 0 Å². The van der Waals surface area contributed by atoms with Crippen molar-refractivity contribution < 1.29 is 24.2 Å². The summed E-state index contributed by atoms with van der Waals surface area (Å²) >= 11 is 0. The maximum atomic E-state index is 11.6. The van der Waals surface area contributed by atoms with Gasteiger partial charge in [-0.25, -0.2) is 0 Å². The fourth-order valence-corrected chi connectivity index (χ4v) is 2.88. The first kappa shape index (κ1) is 20.9. The number of hydrogen-bond acceptors (Lipinski definition) is 5. The van der Waals surface area contributed by atoms with E-state index in [0.29, 0.717) is 12.8 Å². The zero-order chi connectivity index (χ0) is 17.5. The van der Waals surface area contributed by atoms with Gasteiger partial charge in [0.2, 0.25) is 0 Å². The normalized spacial score (nSPS) is 22.9. The van der Waals surface area contributed by atoms with E-state index in [1.54, 1.807) is 0 Å². The number of ether oxygens (including phenoxy) is 2. The van der Waals surface area contributed by atoms with Crippen molar-refractivity contribution in [2.24, 2.45) is 0 Å². The molecule has 1 saturated heterocycles. The standard InChI is InChI=1S/C19H34O5/c20-17-15-23-18(21)13-11-9-7-5-3-1-2-4-6-8-10-12-14-19(22)24-16-17/h17,20H,1-16H2. The molecule has 0 spiro atoms. The van der Waals surface area contributed by atoms with E-state index in [1.165, 1.54) is 51.4 Å². The molecule has 0 unspecified atom stereocenters. The van der Waals surface area contributed by atoms with E-state index in [2.05, 4.69) is 0 Å². The van der Waals surface area contributed by atoms with E-state index >= 15 is 0 Å². The summed E-state index contributed by atoms with van der Waals surface area (Å²) in [6.45, 7) is -0.210. The van der Waals surface area contributed by atoms with Crippen LogP contribution in [0.5, 0.6) is 0 Å². The molecule has 5 nitrogen and oxygen atoms in total. The van der Waals surface area contributed by atoms with Crippen LogP contribution in [0.4, 0.5) is 0 Å². The van der Waals surface area contributed by atoms with Crippen LogP contribution in [0, 0.1) is 0 Å². The number of carbonyl (C=O) groups excluding carboxylic acids is 2. The second-order valence-electron chi connectivity index (χ2n) is 6.76. The molecule has 0 aliphatic carbocycles. The number of aliphatic hydroxyl groups is 1. The van der Waals surface area contributed by atoms with Gasteiger partial charge in [-0.15, -0.1) is 0 Å². The van der Waals surface area contributed by atoms with Crippen LogP contribution in [0.2, 0.25) is 0 Å². The summed E-state index contributed by atoms with van der Waals surface area (Å²) < 4.78 is 10.0. The maximum Gasteiger partial charge on any atom is 0.305 e. The number of aliphatic hydroxyl groups excluding tert-OH is 1. The summed E-state index contributed by atoms with van der Waals surface area (Å²) in [4.78, 5) is 23.1. The van der Waals surface area contributed by atoms with Gasteiger partial charge in [0.1, 0.15) is 19.3 Å². The molecule has 0 aromatic carbocycles. The largest absolute Gasteiger partial charge is 0.463 e. The van der Waals surface area contributed by atoms with Gasteiger partial charge in [-0.3, -0.25) is 9.59 Å². The van der Waals surface area contributed by atoms with Gasteiger partial charge in [0.15, 0.2) is 0 Å². The SMILES string of the molecule is O=C1CCCCCCCCCCCCCCC(=O)OCC(O)CO1. The number of carbonyl (C=O) groups is 2. The van der Waals surface area contributed by atoms with Gasteiger partial charge >= 0.3 is 11.9 Å². The number of hydrogen-bond donors (Lipinski definition) is 1. The van der Waals surface area contributed by atoms with Gasteiger partial charge in [-0.1, -0.05) is 64.2 Å². The lowest BCUT2D eigenvalue weighted by Gasteiger charge is -2.12. The zero-order valence-corrected chi connectivity index (χ0v) is 15.0. The van der Waals surface area contributed by atoms with E-state index in [0.717, 1.165) is 25.7 Å². The fraction of sp³-hybridized carbons (Fsp3) is 0.895. The first-order chi connectivity index (χ1) is 11.7. The highest BCUT2D eigenvalue weighted by molar-refractivity contribution is 5.69. The number of cyclic esters (lactones) is 2. The molecule has 1 aliphatic rings. The summed E-state index contributed by atoms with van der Waals surface area (Å²) in [6.07, 6.45) is 13.6. The molecule has 1 N–H and O–H groups in total. The van der Waals surface area contributed by atoms with Crippen molar-refractivity contribution in [2.45, 2.75) is 96.0 Å². The van der Waals surface area contributed by atoms with Crippen LogP contribution in [0.15, 0.2) is 0 Å². The van der Waals surface area contributed by atoms with E-state index in [1.807, 2.05) is 0 Å². The molecule has 5 heteroatoms. The summed E-state index contributed by atoms with van der Waals surface area (Å²) in [5.74, 6) is -0.572. The molecular weight excluding hydrogens is 308 g/mol. The molecule has 0 atom stereocenters. The van der Waals surface area contributed by atoms with Gasteiger partial charge in [-0.2, -0.15) is 0 Å².